The van der Waals surface area contributed by atoms with Gasteiger partial charge >= 0.3 is 0 Å². The van der Waals surface area contributed by atoms with Crippen LogP contribution < -0.4 is 0 Å². The summed E-state index contributed by atoms with van der Waals surface area (Å²) in [5, 5.41) is 11.2. The highest BCUT2D eigenvalue weighted by molar-refractivity contribution is 7.89. The van der Waals surface area contributed by atoms with Gasteiger partial charge in [0.1, 0.15) is 6.07 Å². The molecule has 2 heterocycles. The maximum atomic E-state index is 13.0. The molecule has 0 saturated carbocycles. The summed E-state index contributed by atoms with van der Waals surface area (Å²) >= 11 is 1.69. The monoisotopic (exact) mass is 332 g/mol. The molecule has 0 fully saturated rings. The first kappa shape index (κ1) is 15.2. The fourth-order valence-corrected chi connectivity index (χ4v) is 5.75. The van der Waals surface area contributed by atoms with Crippen LogP contribution in [0.3, 0.4) is 0 Å². The molecule has 1 unspecified atom stereocenters. The normalized spacial score (nSPS) is 18.6. The first-order valence-electron chi connectivity index (χ1n) is 7.16. The van der Waals surface area contributed by atoms with Gasteiger partial charge in [-0.05, 0) is 42.0 Å². The Kier molecular flexibility index (Phi) is 4.04. The molecule has 1 aliphatic heterocycles. The van der Waals surface area contributed by atoms with Gasteiger partial charge in [-0.1, -0.05) is 19.1 Å². The smallest absolute Gasteiger partial charge is 0.207 e. The standard InChI is InChI=1S/C16H16N2O2S2/c1-2-14-13-8-10-21-15(13)7-9-18(14)22(19,20)16-6-4-3-5-12(16)11-17/h3-6,8,10,14H,2,7,9H2,1H3. The van der Waals surface area contributed by atoms with Gasteiger partial charge in [0.2, 0.25) is 10.0 Å². The average Bonchev–Trinajstić information content (AvgIpc) is 3.02. The third-order valence-electron chi connectivity index (χ3n) is 4.03. The van der Waals surface area contributed by atoms with Gasteiger partial charge in [-0.3, -0.25) is 0 Å². The topological polar surface area (TPSA) is 61.2 Å². The second-order valence-electron chi connectivity index (χ2n) is 5.20. The second-order valence-corrected chi connectivity index (χ2v) is 8.06. The molecular formula is C16H16N2O2S2. The van der Waals surface area contributed by atoms with Crippen molar-refractivity contribution in [3.05, 3.63) is 51.7 Å². The molecule has 6 heteroatoms. The van der Waals surface area contributed by atoms with Crippen molar-refractivity contribution < 1.29 is 8.42 Å². The molecule has 4 nitrogen and oxygen atoms in total. The lowest BCUT2D eigenvalue weighted by molar-refractivity contribution is 0.303. The van der Waals surface area contributed by atoms with Crippen molar-refractivity contribution >= 4 is 21.4 Å². The summed E-state index contributed by atoms with van der Waals surface area (Å²) in [7, 11) is -3.67. The summed E-state index contributed by atoms with van der Waals surface area (Å²) < 4.78 is 27.6. The highest BCUT2D eigenvalue weighted by atomic mass is 32.2. The molecule has 0 aliphatic carbocycles. The molecular weight excluding hydrogens is 316 g/mol. The number of nitrogens with zero attached hydrogens (tertiary/aromatic N) is 2. The van der Waals surface area contributed by atoms with Crippen molar-refractivity contribution in [3.63, 3.8) is 0 Å². The molecule has 22 heavy (non-hydrogen) atoms. The average molecular weight is 332 g/mol. The molecule has 0 spiro atoms. The fraction of sp³-hybridized carbons (Fsp3) is 0.312. The number of hydrogen-bond acceptors (Lipinski definition) is 4. The summed E-state index contributed by atoms with van der Waals surface area (Å²) in [6.45, 7) is 2.46. The van der Waals surface area contributed by atoms with Gasteiger partial charge in [0, 0.05) is 11.4 Å². The van der Waals surface area contributed by atoms with Crippen LogP contribution in [0.15, 0.2) is 40.6 Å². The molecule has 2 aromatic rings. The molecule has 0 bridgehead atoms. The summed E-state index contributed by atoms with van der Waals surface area (Å²) in [6, 6.07) is 10.3. The predicted molar refractivity (Wildman–Crippen MR) is 86.1 cm³/mol. The van der Waals surface area contributed by atoms with E-state index in [2.05, 4.69) is 0 Å². The van der Waals surface area contributed by atoms with E-state index in [0.717, 1.165) is 18.4 Å². The minimum Gasteiger partial charge on any atom is -0.207 e. The maximum absolute atomic E-state index is 13.0. The van der Waals surface area contributed by atoms with Crippen LogP contribution in [-0.2, 0) is 16.4 Å². The molecule has 0 amide bonds. The van der Waals surface area contributed by atoms with Crippen molar-refractivity contribution in [2.45, 2.75) is 30.7 Å². The number of sulfonamides is 1. The van der Waals surface area contributed by atoms with E-state index in [4.69, 9.17) is 0 Å². The van der Waals surface area contributed by atoms with Gasteiger partial charge in [-0.15, -0.1) is 11.3 Å². The molecule has 1 aromatic carbocycles. The van der Waals surface area contributed by atoms with Gasteiger partial charge < -0.3 is 0 Å². The minimum absolute atomic E-state index is 0.106. The van der Waals surface area contributed by atoms with E-state index in [0.29, 0.717) is 6.54 Å². The molecule has 0 saturated heterocycles. The van der Waals surface area contributed by atoms with Gasteiger partial charge in [0.05, 0.1) is 16.5 Å². The fourth-order valence-electron chi connectivity index (χ4n) is 2.99. The van der Waals surface area contributed by atoms with Crippen LogP contribution in [0.25, 0.3) is 0 Å². The van der Waals surface area contributed by atoms with Crippen molar-refractivity contribution in [1.29, 1.82) is 5.26 Å². The number of benzene rings is 1. The first-order valence-corrected chi connectivity index (χ1v) is 9.48. The Labute approximate surface area is 134 Å². The van der Waals surface area contributed by atoms with Crippen LogP contribution >= 0.6 is 11.3 Å². The zero-order chi connectivity index (χ0) is 15.7. The summed E-state index contributed by atoms with van der Waals surface area (Å²) in [5.41, 5.74) is 1.31. The van der Waals surface area contributed by atoms with Gasteiger partial charge in [-0.2, -0.15) is 9.57 Å². The molecule has 114 valence electrons. The van der Waals surface area contributed by atoms with Gasteiger partial charge in [0.15, 0.2) is 0 Å². The van der Waals surface area contributed by atoms with Crippen LogP contribution in [0.5, 0.6) is 0 Å². The molecule has 1 atom stereocenters. The summed E-state index contributed by atoms with van der Waals surface area (Å²) in [4.78, 5) is 1.38. The Hall–Kier alpha value is -1.68. The Balaban J connectivity index is 2.08. The zero-order valence-corrected chi connectivity index (χ0v) is 13.8. The molecule has 1 aliphatic rings. The summed E-state index contributed by atoms with van der Waals surface area (Å²) in [5.74, 6) is 0. The van der Waals surface area contributed by atoms with E-state index >= 15 is 0 Å². The lowest BCUT2D eigenvalue weighted by atomic mass is 10.0. The minimum atomic E-state index is -3.67. The number of nitriles is 1. The van der Waals surface area contributed by atoms with Crippen LogP contribution in [0, 0.1) is 11.3 Å². The van der Waals surface area contributed by atoms with Crippen LogP contribution in [0.2, 0.25) is 0 Å². The largest absolute Gasteiger partial charge is 0.244 e. The van der Waals surface area contributed by atoms with Crippen molar-refractivity contribution in [2.75, 3.05) is 6.54 Å². The highest BCUT2D eigenvalue weighted by Crippen LogP contribution is 2.38. The van der Waals surface area contributed by atoms with Crippen LogP contribution in [-0.4, -0.2) is 19.3 Å². The third-order valence-corrected chi connectivity index (χ3v) is 6.99. The Morgan fingerprint density at radius 1 is 1.36 bits per heavy atom. The van der Waals surface area contributed by atoms with Crippen LogP contribution in [0.4, 0.5) is 0 Å². The Morgan fingerprint density at radius 2 is 2.14 bits per heavy atom. The zero-order valence-electron chi connectivity index (χ0n) is 12.2. The SMILES string of the molecule is CCC1c2ccsc2CCN1S(=O)(=O)c1ccccc1C#N. The van der Waals surface area contributed by atoms with E-state index in [1.54, 1.807) is 33.8 Å². The molecule has 3 rings (SSSR count). The molecule has 0 N–H and O–H groups in total. The lowest BCUT2D eigenvalue weighted by Crippen LogP contribution is -2.39. The second kappa shape index (κ2) is 5.84. The van der Waals surface area contributed by atoms with E-state index < -0.39 is 10.0 Å². The number of hydrogen-bond donors (Lipinski definition) is 0. The van der Waals surface area contributed by atoms with E-state index in [9.17, 15) is 13.7 Å². The lowest BCUT2D eigenvalue weighted by Gasteiger charge is -2.34. The van der Waals surface area contributed by atoms with Gasteiger partial charge in [0.25, 0.3) is 0 Å². The van der Waals surface area contributed by atoms with Gasteiger partial charge in [-0.25, -0.2) is 8.42 Å². The highest BCUT2D eigenvalue weighted by Gasteiger charge is 2.36. The van der Waals surface area contributed by atoms with Crippen molar-refractivity contribution in [3.8, 4) is 6.07 Å². The predicted octanol–water partition coefficient (Wildman–Crippen LogP) is 3.32. The maximum Gasteiger partial charge on any atom is 0.244 e. The van der Waals surface area contributed by atoms with E-state index in [1.807, 2.05) is 24.4 Å². The number of rotatable bonds is 3. The van der Waals surface area contributed by atoms with Crippen LogP contribution in [0.1, 0.15) is 35.4 Å². The van der Waals surface area contributed by atoms with E-state index in [1.165, 1.54) is 10.9 Å². The molecule has 0 radical (unpaired) electrons. The molecule has 1 aromatic heterocycles. The summed E-state index contributed by atoms with van der Waals surface area (Å²) in [6.07, 6.45) is 1.45. The van der Waals surface area contributed by atoms with E-state index in [-0.39, 0.29) is 16.5 Å². The third kappa shape index (κ3) is 2.35. The number of thiophene rings is 1. The van der Waals surface area contributed by atoms with Crippen molar-refractivity contribution in [2.24, 2.45) is 0 Å². The Bertz CT molecular complexity index is 834. The Morgan fingerprint density at radius 3 is 2.86 bits per heavy atom. The van der Waals surface area contributed by atoms with Crippen molar-refractivity contribution in [1.82, 2.24) is 4.31 Å². The number of fused-ring (bicyclic) bond motifs is 1. The first-order chi connectivity index (χ1) is 10.6. The quantitative estimate of drug-likeness (QED) is 0.866.